The molecule has 1 N–H and O–H groups in total. The Hall–Kier alpha value is -2.49. The van der Waals surface area contributed by atoms with Gasteiger partial charge in [-0.3, -0.25) is 19.3 Å². The van der Waals surface area contributed by atoms with Crippen molar-refractivity contribution in [1.82, 2.24) is 29.5 Å². The molecule has 3 rings (SSSR count). The first kappa shape index (κ1) is 21.8. The molecule has 0 saturated carbocycles. The van der Waals surface area contributed by atoms with Crippen molar-refractivity contribution in [2.45, 2.75) is 32.7 Å². The van der Waals surface area contributed by atoms with Crippen molar-refractivity contribution in [3.63, 3.8) is 0 Å². The summed E-state index contributed by atoms with van der Waals surface area (Å²) in [5.41, 5.74) is 0. The van der Waals surface area contributed by atoms with E-state index >= 15 is 0 Å². The van der Waals surface area contributed by atoms with Crippen molar-refractivity contribution in [3.8, 4) is 0 Å². The van der Waals surface area contributed by atoms with Gasteiger partial charge in [-0.25, -0.2) is 0 Å². The Kier molecular flexibility index (Phi) is 8.86. The predicted octanol–water partition coefficient (Wildman–Crippen LogP) is -0.228. The molecule has 3 heterocycles. The van der Waals surface area contributed by atoms with Crippen LogP contribution in [0.1, 0.15) is 26.2 Å². The van der Waals surface area contributed by atoms with Crippen molar-refractivity contribution in [2.24, 2.45) is 5.92 Å². The fourth-order valence-electron chi connectivity index (χ4n) is 3.71. The van der Waals surface area contributed by atoms with Crippen LogP contribution in [0.2, 0.25) is 0 Å². The largest absolute Gasteiger partial charge is 0.483 e. The van der Waals surface area contributed by atoms with Crippen LogP contribution >= 0.6 is 0 Å². The molecule has 0 radical (unpaired) electrons. The molecule has 0 aliphatic carbocycles. The fraction of sp³-hybridized carbons (Fsp3) is 0.722. The number of hydrogen-bond donors (Lipinski definition) is 1. The smallest absolute Gasteiger partial charge is 0.290 e. The number of piperidine rings is 1. The molecule has 2 saturated heterocycles. The van der Waals surface area contributed by atoms with Gasteiger partial charge in [-0.1, -0.05) is 0 Å². The number of rotatable bonds is 4. The average molecular weight is 394 g/mol. The van der Waals surface area contributed by atoms with Gasteiger partial charge in [0.25, 0.3) is 6.47 Å². The van der Waals surface area contributed by atoms with Crippen molar-refractivity contribution in [1.29, 1.82) is 0 Å². The maximum absolute atomic E-state index is 12.8. The molecular formula is C18H30N6O4. The SMILES string of the molecule is CC(=O)N1CCC(C(=O)N2CCCN(CCn3cnnc3)CC2)CC1.O=CO. The number of nitrogens with zero attached hydrogens (tertiary/aromatic N) is 6. The zero-order valence-corrected chi connectivity index (χ0v) is 16.4. The van der Waals surface area contributed by atoms with Crippen LogP contribution in [0.25, 0.3) is 0 Å². The summed E-state index contributed by atoms with van der Waals surface area (Å²) in [6.07, 6.45) is 6.08. The molecule has 2 fully saturated rings. The van der Waals surface area contributed by atoms with Crippen molar-refractivity contribution in [2.75, 3.05) is 45.8 Å². The number of amides is 2. The van der Waals surface area contributed by atoms with Crippen LogP contribution in [0.5, 0.6) is 0 Å². The van der Waals surface area contributed by atoms with Gasteiger partial charge in [0.1, 0.15) is 12.7 Å². The monoisotopic (exact) mass is 394 g/mol. The molecule has 1 aromatic rings. The summed E-state index contributed by atoms with van der Waals surface area (Å²) in [5.74, 6) is 0.479. The minimum absolute atomic E-state index is 0.0826. The lowest BCUT2D eigenvalue weighted by atomic mass is 9.95. The molecule has 10 nitrogen and oxygen atoms in total. The molecule has 0 unspecified atom stereocenters. The molecule has 10 heteroatoms. The van der Waals surface area contributed by atoms with Crippen LogP contribution in [0.15, 0.2) is 12.7 Å². The highest BCUT2D eigenvalue weighted by molar-refractivity contribution is 5.79. The number of hydrogen-bond acceptors (Lipinski definition) is 6. The van der Waals surface area contributed by atoms with E-state index in [0.29, 0.717) is 13.1 Å². The van der Waals surface area contributed by atoms with Gasteiger partial charge in [0.05, 0.1) is 0 Å². The highest BCUT2D eigenvalue weighted by atomic mass is 16.3. The Morgan fingerprint density at radius 2 is 1.64 bits per heavy atom. The molecule has 2 aliphatic heterocycles. The molecule has 0 bridgehead atoms. The number of carbonyl (C=O) groups is 3. The third-order valence-electron chi connectivity index (χ3n) is 5.33. The second kappa shape index (κ2) is 11.4. The van der Waals surface area contributed by atoms with E-state index in [0.717, 1.165) is 58.5 Å². The van der Waals surface area contributed by atoms with Crippen LogP contribution in [-0.4, -0.2) is 98.7 Å². The Morgan fingerprint density at radius 3 is 2.25 bits per heavy atom. The van der Waals surface area contributed by atoms with Gasteiger partial charge in [-0.2, -0.15) is 0 Å². The lowest BCUT2D eigenvalue weighted by Crippen LogP contribution is -2.44. The second-order valence-electron chi connectivity index (χ2n) is 7.11. The first-order chi connectivity index (χ1) is 13.5. The van der Waals surface area contributed by atoms with E-state index in [4.69, 9.17) is 9.90 Å². The number of likely N-dealkylation sites (tertiary alicyclic amines) is 1. The molecule has 156 valence electrons. The van der Waals surface area contributed by atoms with Gasteiger partial charge in [-0.05, 0) is 25.8 Å². The molecule has 2 aliphatic rings. The van der Waals surface area contributed by atoms with Gasteiger partial charge < -0.3 is 19.5 Å². The Bertz CT molecular complexity index is 616. The van der Waals surface area contributed by atoms with Crippen molar-refractivity contribution < 1.29 is 19.5 Å². The summed E-state index contributed by atoms with van der Waals surface area (Å²) < 4.78 is 1.98. The minimum atomic E-state index is -0.250. The quantitative estimate of drug-likeness (QED) is 0.702. The third-order valence-corrected chi connectivity index (χ3v) is 5.33. The summed E-state index contributed by atoms with van der Waals surface area (Å²) in [6.45, 7) is 8.19. The minimum Gasteiger partial charge on any atom is -0.483 e. The first-order valence-electron chi connectivity index (χ1n) is 9.72. The lowest BCUT2D eigenvalue weighted by Gasteiger charge is -2.33. The average Bonchev–Trinajstić information content (AvgIpc) is 3.11. The van der Waals surface area contributed by atoms with E-state index in [1.165, 1.54) is 0 Å². The normalized spacial score (nSPS) is 18.8. The van der Waals surface area contributed by atoms with Crippen LogP contribution in [-0.2, 0) is 20.9 Å². The molecule has 28 heavy (non-hydrogen) atoms. The van der Waals surface area contributed by atoms with Crippen LogP contribution in [0, 0.1) is 5.92 Å². The summed E-state index contributed by atoms with van der Waals surface area (Å²) >= 11 is 0. The molecule has 2 amide bonds. The molecule has 0 aromatic carbocycles. The summed E-state index contributed by atoms with van der Waals surface area (Å²) in [4.78, 5) is 38.9. The fourth-order valence-corrected chi connectivity index (χ4v) is 3.71. The number of carbonyl (C=O) groups excluding carboxylic acids is 2. The van der Waals surface area contributed by atoms with Crippen LogP contribution < -0.4 is 0 Å². The van der Waals surface area contributed by atoms with E-state index in [-0.39, 0.29) is 24.2 Å². The van der Waals surface area contributed by atoms with E-state index in [9.17, 15) is 9.59 Å². The van der Waals surface area contributed by atoms with Crippen molar-refractivity contribution in [3.05, 3.63) is 12.7 Å². The molecule has 0 atom stereocenters. The zero-order valence-electron chi connectivity index (χ0n) is 16.4. The summed E-state index contributed by atoms with van der Waals surface area (Å²) in [7, 11) is 0. The van der Waals surface area contributed by atoms with Gasteiger partial charge in [0.2, 0.25) is 11.8 Å². The topological polar surface area (TPSA) is 112 Å². The zero-order chi connectivity index (χ0) is 20.4. The summed E-state index contributed by atoms with van der Waals surface area (Å²) in [5, 5.41) is 14.5. The highest BCUT2D eigenvalue weighted by Crippen LogP contribution is 2.20. The van der Waals surface area contributed by atoms with E-state index in [2.05, 4.69) is 15.1 Å². The van der Waals surface area contributed by atoms with Gasteiger partial charge >= 0.3 is 0 Å². The van der Waals surface area contributed by atoms with Gasteiger partial charge in [0.15, 0.2) is 0 Å². The number of aromatic nitrogens is 3. The van der Waals surface area contributed by atoms with E-state index in [1.807, 2.05) is 14.4 Å². The van der Waals surface area contributed by atoms with Gasteiger partial charge in [-0.15, -0.1) is 10.2 Å². The lowest BCUT2D eigenvalue weighted by molar-refractivity contribution is -0.140. The first-order valence-corrected chi connectivity index (χ1v) is 9.72. The molecule has 0 spiro atoms. The van der Waals surface area contributed by atoms with Crippen LogP contribution in [0.3, 0.4) is 0 Å². The van der Waals surface area contributed by atoms with Gasteiger partial charge in [0, 0.05) is 58.7 Å². The summed E-state index contributed by atoms with van der Waals surface area (Å²) in [6, 6.07) is 0. The van der Waals surface area contributed by atoms with Crippen LogP contribution in [0.4, 0.5) is 0 Å². The third kappa shape index (κ3) is 6.59. The molecular weight excluding hydrogens is 364 g/mol. The molecule has 1 aromatic heterocycles. The Labute approximate surface area is 165 Å². The number of carboxylic acid groups (broad SMARTS) is 1. The van der Waals surface area contributed by atoms with Crippen molar-refractivity contribution >= 4 is 18.3 Å². The maximum Gasteiger partial charge on any atom is 0.290 e. The standard InChI is InChI=1S/C17H28N6O2.CH2O2/c1-15(24)22-7-3-16(4-8-22)17(25)23-6-2-5-20(11-12-23)9-10-21-13-18-19-14-21;2-1-3/h13-14,16H,2-12H2,1H3;1H,(H,2,3). The Balaban J connectivity index is 0.000000878. The van der Waals surface area contributed by atoms with E-state index < -0.39 is 0 Å². The predicted molar refractivity (Wildman–Crippen MR) is 101 cm³/mol. The Morgan fingerprint density at radius 1 is 1.00 bits per heavy atom. The highest BCUT2D eigenvalue weighted by Gasteiger charge is 2.30. The maximum atomic E-state index is 12.8. The van der Waals surface area contributed by atoms with E-state index in [1.54, 1.807) is 19.6 Å². The second-order valence-corrected chi connectivity index (χ2v) is 7.11.